The summed E-state index contributed by atoms with van der Waals surface area (Å²) in [6, 6.07) is 13.3. The second-order valence-corrected chi connectivity index (χ2v) is 8.63. The van der Waals surface area contributed by atoms with E-state index in [4.69, 9.17) is 16.3 Å². The van der Waals surface area contributed by atoms with Crippen LogP contribution in [-0.4, -0.2) is 45.3 Å². The van der Waals surface area contributed by atoms with E-state index < -0.39 is 0 Å². The molecular weight excluding hydrogens is 438 g/mol. The van der Waals surface area contributed by atoms with Crippen LogP contribution >= 0.6 is 11.6 Å². The number of nitrogens with one attached hydrogen (secondary N) is 1. The molecule has 0 radical (unpaired) electrons. The van der Waals surface area contributed by atoms with Crippen LogP contribution in [0.4, 0.5) is 0 Å². The molecule has 0 spiro atoms. The van der Waals surface area contributed by atoms with Crippen LogP contribution in [0.5, 0.6) is 0 Å². The summed E-state index contributed by atoms with van der Waals surface area (Å²) in [6.45, 7) is 6.28. The Kier molecular flexibility index (Phi) is 5.93. The number of benzene rings is 1. The van der Waals surface area contributed by atoms with Crippen molar-refractivity contribution >= 4 is 22.6 Å². The van der Waals surface area contributed by atoms with Crippen LogP contribution < -0.4 is 10.9 Å². The third kappa shape index (κ3) is 4.39. The molecule has 0 aliphatic carbocycles. The van der Waals surface area contributed by atoms with Crippen molar-refractivity contribution in [3.05, 3.63) is 75.6 Å². The fourth-order valence-electron chi connectivity index (χ4n) is 3.93. The first-order valence-corrected chi connectivity index (χ1v) is 11.3. The van der Waals surface area contributed by atoms with Gasteiger partial charge in [0.2, 0.25) is 0 Å². The summed E-state index contributed by atoms with van der Waals surface area (Å²) in [5, 5.41) is 4.45. The summed E-state index contributed by atoms with van der Waals surface area (Å²) >= 11 is 6.69. The molecule has 1 saturated heterocycles. The molecule has 1 fully saturated rings. The Morgan fingerprint density at radius 3 is 2.70 bits per heavy atom. The number of pyridine rings is 2. The maximum Gasteiger partial charge on any atom is 0.260 e. The van der Waals surface area contributed by atoms with Crippen molar-refractivity contribution < 1.29 is 4.74 Å². The number of rotatable bonds is 6. The van der Waals surface area contributed by atoms with Gasteiger partial charge in [-0.05, 0) is 38.1 Å². The predicted octanol–water partition coefficient (Wildman–Crippen LogP) is 3.78. The quantitative estimate of drug-likeness (QED) is 0.470. The SMILES string of the molecule is Cc1cccc(-c2ccc(-c3cc4cnc(C)nc4n(CCOC4CNC4)c3=O)c(Cl)c2)n1. The van der Waals surface area contributed by atoms with E-state index in [0.29, 0.717) is 40.8 Å². The van der Waals surface area contributed by atoms with Gasteiger partial charge in [-0.3, -0.25) is 14.3 Å². The molecule has 1 N–H and O–H groups in total. The van der Waals surface area contributed by atoms with E-state index in [1.165, 1.54) is 0 Å². The first-order chi connectivity index (χ1) is 16.0. The number of hydrogen-bond donors (Lipinski definition) is 1. The van der Waals surface area contributed by atoms with E-state index in [0.717, 1.165) is 35.4 Å². The second kappa shape index (κ2) is 9.02. The zero-order valence-electron chi connectivity index (χ0n) is 18.5. The zero-order valence-corrected chi connectivity index (χ0v) is 19.3. The van der Waals surface area contributed by atoms with Gasteiger partial charge in [-0.15, -0.1) is 0 Å². The molecule has 0 saturated carbocycles. The largest absolute Gasteiger partial charge is 0.374 e. The van der Waals surface area contributed by atoms with Crippen LogP contribution in [0.2, 0.25) is 5.02 Å². The van der Waals surface area contributed by atoms with Crippen LogP contribution in [0.1, 0.15) is 11.5 Å². The number of hydrogen-bond acceptors (Lipinski definition) is 6. The fraction of sp³-hybridized carbons (Fsp3) is 0.280. The molecule has 1 aliphatic rings. The minimum atomic E-state index is -0.153. The Morgan fingerprint density at radius 2 is 1.97 bits per heavy atom. The minimum Gasteiger partial charge on any atom is -0.374 e. The van der Waals surface area contributed by atoms with Crippen LogP contribution in [0, 0.1) is 13.8 Å². The van der Waals surface area contributed by atoms with Crippen molar-refractivity contribution in [2.45, 2.75) is 26.5 Å². The molecule has 1 aliphatic heterocycles. The van der Waals surface area contributed by atoms with Gasteiger partial charge in [-0.1, -0.05) is 29.8 Å². The lowest BCUT2D eigenvalue weighted by Crippen LogP contribution is -2.48. The molecule has 5 rings (SSSR count). The molecule has 168 valence electrons. The Labute approximate surface area is 196 Å². The standard InChI is InChI=1S/C25H24ClN5O2/c1-15-4-3-5-23(29-15)17-6-7-20(22(26)11-17)21-10-18-12-28-16(2)30-24(18)31(25(21)32)8-9-33-19-13-27-14-19/h3-7,10-12,19,27H,8-9,13-14H2,1-2H3. The molecule has 0 bridgehead atoms. The first-order valence-electron chi connectivity index (χ1n) is 10.9. The number of nitrogens with zero attached hydrogens (tertiary/aromatic N) is 4. The summed E-state index contributed by atoms with van der Waals surface area (Å²) in [5.41, 5.74) is 4.29. The minimum absolute atomic E-state index is 0.153. The van der Waals surface area contributed by atoms with Gasteiger partial charge in [0.15, 0.2) is 0 Å². The first kappa shape index (κ1) is 21.7. The Morgan fingerprint density at radius 1 is 1.12 bits per heavy atom. The van der Waals surface area contributed by atoms with E-state index >= 15 is 0 Å². The monoisotopic (exact) mass is 461 g/mol. The predicted molar refractivity (Wildman–Crippen MR) is 130 cm³/mol. The summed E-state index contributed by atoms with van der Waals surface area (Å²) in [5.74, 6) is 0.612. The highest BCUT2D eigenvalue weighted by atomic mass is 35.5. The molecule has 4 heterocycles. The van der Waals surface area contributed by atoms with E-state index in [-0.39, 0.29) is 11.7 Å². The smallest absolute Gasteiger partial charge is 0.260 e. The van der Waals surface area contributed by atoms with Crippen molar-refractivity contribution in [2.75, 3.05) is 19.7 Å². The lowest BCUT2D eigenvalue weighted by molar-refractivity contribution is 0.0149. The van der Waals surface area contributed by atoms with E-state index in [9.17, 15) is 4.79 Å². The van der Waals surface area contributed by atoms with Crippen LogP contribution in [0.15, 0.2) is 53.5 Å². The molecule has 3 aromatic heterocycles. The Balaban J connectivity index is 1.56. The number of ether oxygens (including phenoxy) is 1. The van der Waals surface area contributed by atoms with E-state index in [1.54, 1.807) is 10.8 Å². The fourth-order valence-corrected chi connectivity index (χ4v) is 4.21. The molecule has 33 heavy (non-hydrogen) atoms. The molecule has 8 heteroatoms. The van der Waals surface area contributed by atoms with Gasteiger partial charge in [-0.25, -0.2) is 9.97 Å². The van der Waals surface area contributed by atoms with Gasteiger partial charge in [0.25, 0.3) is 5.56 Å². The van der Waals surface area contributed by atoms with E-state index in [2.05, 4.69) is 20.3 Å². The van der Waals surface area contributed by atoms with Gasteiger partial charge in [0.1, 0.15) is 11.5 Å². The van der Waals surface area contributed by atoms with Gasteiger partial charge in [0, 0.05) is 52.1 Å². The summed E-state index contributed by atoms with van der Waals surface area (Å²) < 4.78 is 7.53. The molecule has 4 aromatic rings. The third-order valence-electron chi connectivity index (χ3n) is 5.80. The molecule has 0 unspecified atom stereocenters. The average molecular weight is 462 g/mol. The van der Waals surface area contributed by atoms with Crippen molar-refractivity contribution in [2.24, 2.45) is 0 Å². The van der Waals surface area contributed by atoms with Crippen molar-refractivity contribution in [3.8, 4) is 22.4 Å². The molecule has 1 aromatic carbocycles. The number of fused-ring (bicyclic) bond motifs is 1. The second-order valence-electron chi connectivity index (χ2n) is 8.22. The van der Waals surface area contributed by atoms with Crippen molar-refractivity contribution in [1.82, 2.24) is 24.8 Å². The van der Waals surface area contributed by atoms with E-state index in [1.807, 2.05) is 56.3 Å². The molecule has 0 amide bonds. The third-order valence-corrected chi connectivity index (χ3v) is 6.12. The van der Waals surface area contributed by atoms with Crippen molar-refractivity contribution in [3.63, 3.8) is 0 Å². The van der Waals surface area contributed by atoms with Crippen molar-refractivity contribution in [1.29, 1.82) is 0 Å². The highest BCUT2D eigenvalue weighted by molar-refractivity contribution is 6.33. The topological polar surface area (TPSA) is 81.9 Å². The van der Waals surface area contributed by atoms with Gasteiger partial charge >= 0.3 is 0 Å². The van der Waals surface area contributed by atoms with Crippen LogP contribution in [-0.2, 0) is 11.3 Å². The highest BCUT2D eigenvalue weighted by Crippen LogP contribution is 2.31. The number of aromatic nitrogens is 4. The zero-order chi connectivity index (χ0) is 22.9. The average Bonchev–Trinajstić information content (AvgIpc) is 2.77. The van der Waals surface area contributed by atoms with Gasteiger partial charge in [0.05, 0.1) is 24.9 Å². The Hall–Kier alpha value is -3.13. The highest BCUT2D eigenvalue weighted by Gasteiger charge is 2.19. The molecular formula is C25H24ClN5O2. The Bertz CT molecular complexity index is 1400. The summed E-state index contributed by atoms with van der Waals surface area (Å²) in [7, 11) is 0. The molecule has 7 nitrogen and oxygen atoms in total. The van der Waals surface area contributed by atoms with Crippen LogP contribution in [0.25, 0.3) is 33.4 Å². The summed E-state index contributed by atoms with van der Waals surface area (Å²) in [6.07, 6.45) is 1.94. The molecule has 0 atom stereocenters. The lowest BCUT2D eigenvalue weighted by atomic mass is 10.0. The van der Waals surface area contributed by atoms with Gasteiger partial charge < -0.3 is 10.1 Å². The maximum atomic E-state index is 13.6. The normalized spacial score (nSPS) is 13.9. The number of aryl methyl sites for hydroxylation is 2. The summed E-state index contributed by atoms with van der Waals surface area (Å²) in [4.78, 5) is 27.0. The van der Waals surface area contributed by atoms with Gasteiger partial charge in [-0.2, -0.15) is 0 Å². The lowest BCUT2D eigenvalue weighted by Gasteiger charge is -2.27. The van der Waals surface area contributed by atoms with Crippen LogP contribution in [0.3, 0.4) is 0 Å². The number of halogens is 1. The maximum absolute atomic E-state index is 13.6.